The second kappa shape index (κ2) is 4.48. The number of halogens is 1. The Morgan fingerprint density at radius 3 is 3.09 bits per heavy atom. The molecule has 0 unspecified atom stereocenters. The van der Waals surface area contributed by atoms with Crippen LogP contribution in [-0.4, -0.2) is 22.7 Å². The van der Waals surface area contributed by atoms with E-state index in [1.54, 1.807) is 0 Å². The fraction of sp³-hybridized carbons (Fsp3) is 0.600. The molecule has 1 aromatic heterocycles. The Balaban J connectivity index is 2.33. The minimum atomic E-state index is 0.259. The molecule has 0 fully saturated rings. The molecule has 0 aliphatic rings. The van der Waals surface area contributed by atoms with Gasteiger partial charge in [0.25, 0.3) is 4.84 Å². The largest absolute Gasteiger partial charge is 0.412 e. The van der Waals surface area contributed by atoms with Crippen LogP contribution in [0.25, 0.3) is 0 Å². The van der Waals surface area contributed by atoms with E-state index in [0.29, 0.717) is 25.0 Å². The standard InChI is InChI=1S/C5H7ClN2O2S/c6-1-2-9-3-4-7-8-5(11)10-4/h1-3H2,(H,8,11). The summed E-state index contributed by atoms with van der Waals surface area (Å²) in [5, 5.41) is 6.20. The molecule has 0 radical (unpaired) electrons. The molecule has 1 N–H and O–H groups in total. The van der Waals surface area contributed by atoms with E-state index in [2.05, 4.69) is 22.4 Å². The SMILES string of the molecule is S=c1[nH]nc(COCCCl)o1. The number of nitrogens with one attached hydrogen (secondary N) is 1. The number of ether oxygens (including phenoxy) is 1. The highest BCUT2D eigenvalue weighted by atomic mass is 35.5. The van der Waals surface area contributed by atoms with Crippen LogP contribution in [0.1, 0.15) is 5.89 Å². The monoisotopic (exact) mass is 194 g/mol. The van der Waals surface area contributed by atoms with Crippen LogP contribution in [-0.2, 0) is 11.3 Å². The van der Waals surface area contributed by atoms with Gasteiger partial charge in [-0.1, -0.05) is 0 Å². The molecule has 11 heavy (non-hydrogen) atoms. The van der Waals surface area contributed by atoms with E-state index in [0.717, 1.165) is 0 Å². The van der Waals surface area contributed by atoms with E-state index in [4.69, 9.17) is 20.8 Å². The molecule has 6 heteroatoms. The first-order chi connectivity index (χ1) is 5.33. The third-order valence-corrected chi connectivity index (χ3v) is 1.26. The van der Waals surface area contributed by atoms with Gasteiger partial charge in [-0.15, -0.1) is 16.7 Å². The third-order valence-electron chi connectivity index (χ3n) is 0.929. The van der Waals surface area contributed by atoms with Crippen LogP contribution in [0.2, 0.25) is 0 Å². The maximum Gasteiger partial charge on any atom is 0.284 e. The minimum absolute atomic E-state index is 0.259. The highest BCUT2D eigenvalue weighted by Gasteiger charge is 1.97. The van der Waals surface area contributed by atoms with Crippen LogP contribution < -0.4 is 0 Å². The molecule has 1 rings (SSSR count). The van der Waals surface area contributed by atoms with Crippen molar-refractivity contribution in [3.8, 4) is 0 Å². The zero-order chi connectivity index (χ0) is 8.10. The number of aromatic amines is 1. The molecule has 62 valence electrons. The summed E-state index contributed by atoms with van der Waals surface area (Å²) >= 11 is 10.0. The van der Waals surface area contributed by atoms with Gasteiger partial charge in [-0.05, 0) is 12.2 Å². The third kappa shape index (κ3) is 3.00. The first-order valence-corrected chi connectivity index (χ1v) is 3.95. The Morgan fingerprint density at radius 1 is 1.73 bits per heavy atom. The van der Waals surface area contributed by atoms with Crippen molar-refractivity contribution < 1.29 is 9.15 Å². The van der Waals surface area contributed by atoms with Crippen molar-refractivity contribution in [1.29, 1.82) is 0 Å². The normalized spacial score (nSPS) is 10.3. The molecule has 0 spiro atoms. The first kappa shape index (κ1) is 8.70. The predicted molar refractivity (Wildman–Crippen MR) is 42.1 cm³/mol. The molecule has 0 saturated carbocycles. The van der Waals surface area contributed by atoms with Gasteiger partial charge in [0.2, 0.25) is 5.89 Å². The molecule has 0 bridgehead atoms. The number of alkyl halides is 1. The van der Waals surface area contributed by atoms with Gasteiger partial charge in [0.05, 0.1) is 6.61 Å². The number of H-pyrrole nitrogens is 1. The highest BCUT2D eigenvalue weighted by Crippen LogP contribution is 1.96. The van der Waals surface area contributed by atoms with E-state index in [1.165, 1.54) is 0 Å². The summed E-state index contributed by atoms with van der Waals surface area (Å²) in [6, 6.07) is 0. The Kier molecular flexibility index (Phi) is 3.55. The summed E-state index contributed by atoms with van der Waals surface area (Å²) in [6.07, 6.45) is 0. The number of hydrogen-bond donors (Lipinski definition) is 1. The van der Waals surface area contributed by atoms with Crippen LogP contribution in [0.3, 0.4) is 0 Å². The summed E-state index contributed by atoms with van der Waals surface area (Å²) in [6.45, 7) is 0.788. The molecule has 0 saturated heterocycles. The molecular formula is C5H7ClN2O2S. The minimum Gasteiger partial charge on any atom is -0.412 e. The average molecular weight is 195 g/mol. The zero-order valence-electron chi connectivity index (χ0n) is 5.67. The van der Waals surface area contributed by atoms with E-state index < -0.39 is 0 Å². The fourth-order valence-corrected chi connectivity index (χ4v) is 0.787. The van der Waals surface area contributed by atoms with Gasteiger partial charge in [-0.3, -0.25) is 0 Å². The van der Waals surface area contributed by atoms with Crippen molar-refractivity contribution in [1.82, 2.24) is 10.2 Å². The zero-order valence-corrected chi connectivity index (χ0v) is 7.24. The van der Waals surface area contributed by atoms with Crippen LogP contribution in [0, 0.1) is 4.84 Å². The lowest BCUT2D eigenvalue weighted by Gasteiger charge is -1.94. The molecule has 0 aromatic carbocycles. The van der Waals surface area contributed by atoms with Gasteiger partial charge >= 0.3 is 0 Å². The van der Waals surface area contributed by atoms with E-state index in [-0.39, 0.29) is 4.84 Å². The van der Waals surface area contributed by atoms with E-state index in [1.807, 2.05) is 0 Å². The Bertz CT molecular complexity index is 259. The maximum atomic E-state index is 5.37. The first-order valence-electron chi connectivity index (χ1n) is 3.01. The van der Waals surface area contributed by atoms with Crippen LogP contribution in [0.4, 0.5) is 0 Å². The number of nitrogens with zero attached hydrogens (tertiary/aromatic N) is 1. The molecular weight excluding hydrogens is 188 g/mol. The van der Waals surface area contributed by atoms with Crippen LogP contribution in [0.5, 0.6) is 0 Å². The van der Waals surface area contributed by atoms with Crippen molar-refractivity contribution in [2.75, 3.05) is 12.5 Å². The summed E-state index contributed by atoms with van der Waals surface area (Å²) in [5.74, 6) is 0.908. The highest BCUT2D eigenvalue weighted by molar-refractivity contribution is 7.71. The molecule has 4 nitrogen and oxygen atoms in total. The van der Waals surface area contributed by atoms with Crippen LogP contribution >= 0.6 is 23.8 Å². The number of hydrogen-bond acceptors (Lipinski definition) is 4. The summed E-state index contributed by atoms with van der Waals surface area (Å²) in [5.41, 5.74) is 0. The van der Waals surface area contributed by atoms with Gasteiger partial charge in [0, 0.05) is 5.88 Å². The second-order valence-corrected chi connectivity index (χ2v) is 2.50. The Morgan fingerprint density at radius 2 is 2.55 bits per heavy atom. The number of aromatic nitrogens is 2. The van der Waals surface area contributed by atoms with E-state index >= 15 is 0 Å². The summed E-state index contributed by atoms with van der Waals surface area (Å²) < 4.78 is 9.94. The Hall–Kier alpha value is -0.390. The maximum absolute atomic E-state index is 5.37. The Labute approximate surface area is 73.5 Å². The second-order valence-electron chi connectivity index (χ2n) is 1.75. The summed E-state index contributed by atoms with van der Waals surface area (Å²) in [4.78, 5) is 0.259. The van der Waals surface area contributed by atoms with Gasteiger partial charge in [0.1, 0.15) is 6.61 Å². The van der Waals surface area contributed by atoms with Gasteiger partial charge in [0.15, 0.2) is 0 Å². The van der Waals surface area contributed by atoms with Gasteiger partial charge in [-0.25, -0.2) is 5.10 Å². The smallest absolute Gasteiger partial charge is 0.284 e. The fourth-order valence-electron chi connectivity index (χ4n) is 0.536. The van der Waals surface area contributed by atoms with Crippen LogP contribution in [0.15, 0.2) is 4.42 Å². The van der Waals surface area contributed by atoms with Crippen molar-refractivity contribution in [2.24, 2.45) is 0 Å². The topological polar surface area (TPSA) is 51.0 Å². The lowest BCUT2D eigenvalue weighted by atomic mass is 10.7. The molecule has 0 amide bonds. The number of rotatable bonds is 4. The van der Waals surface area contributed by atoms with Gasteiger partial charge in [-0.2, -0.15) is 0 Å². The predicted octanol–water partition coefficient (Wildman–Crippen LogP) is 1.49. The molecule has 0 aliphatic carbocycles. The molecule has 0 atom stereocenters. The van der Waals surface area contributed by atoms with Crippen molar-refractivity contribution in [3.05, 3.63) is 10.7 Å². The van der Waals surface area contributed by atoms with Crippen molar-refractivity contribution >= 4 is 23.8 Å². The molecule has 1 heterocycles. The van der Waals surface area contributed by atoms with Gasteiger partial charge < -0.3 is 9.15 Å². The lowest BCUT2D eigenvalue weighted by Crippen LogP contribution is -1.96. The van der Waals surface area contributed by atoms with Crippen molar-refractivity contribution in [2.45, 2.75) is 6.61 Å². The van der Waals surface area contributed by atoms with E-state index in [9.17, 15) is 0 Å². The average Bonchev–Trinajstić information content (AvgIpc) is 2.37. The molecule has 1 aromatic rings. The quantitative estimate of drug-likeness (QED) is 0.448. The lowest BCUT2D eigenvalue weighted by molar-refractivity contribution is 0.115. The molecule has 0 aliphatic heterocycles. The summed E-state index contributed by atoms with van der Waals surface area (Å²) in [7, 11) is 0. The van der Waals surface area contributed by atoms with Crippen molar-refractivity contribution in [3.63, 3.8) is 0 Å².